The number of carboxylic acid groups (broad SMARTS) is 1. The van der Waals surface area contributed by atoms with Gasteiger partial charge in [0.05, 0.1) is 36.0 Å². The van der Waals surface area contributed by atoms with Gasteiger partial charge in [-0.05, 0) is 6.07 Å². The van der Waals surface area contributed by atoms with Crippen LogP contribution < -0.4 is 0 Å². The zero-order valence-corrected chi connectivity index (χ0v) is 16.5. The molecule has 0 aliphatic carbocycles. The van der Waals surface area contributed by atoms with Gasteiger partial charge in [0.15, 0.2) is 0 Å². The highest BCUT2D eigenvalue weighted by molar-refractivity contribution is 7.17. The summed E-state index contributed by atoms with van der Waals surface area (Å²) in [5.74, 6) is 0.101. The molecule has 5 rings (SSSR count). The van der Waals surface area contributed by atoms with Crippen LogP contribution in [0.3, 0.4) is 0 Å². The molecular weight excluding hydrogens is 390 g/mol. The molecule has 1 aliphatic rings. The van der Waals surface area contributed by atoms with E-state index in [1.54, 1.807) is 22.3 Å². The summed E-state index contributed by atoms with van der Waals surface area (Å²) >= 11 is 1.61. The first-order valence-corrected chi connectivity index (χ1v) is 9.84. The number of nitrogens with one attached hydrogen (secondary N) is 1. The summed E-state index contributed by atoms with van der Waals surface area (Å²) in [7, 11) is 1.90. The Labute approximate surface area is 170 Å². The highest BCUT2D eigenvalue weighted by Crippen LogP contribution is 2.33. The Kier molecular flexibility index (Phi) is 5.13. The number of benzene rings is 1. The van der Waals surface area contributed by atoms with Crippen molar-refractivity contribution in [2.75, 3.05) is 6.54 Å². The summed E-state index contributed by atoms with van der Waals surface area (Å²) < 4.78 is 2.92. The van der Waals surface area contributed by atoms with Crippen molar-refractivity contribution < 1.29 is 14.7 Å². The number of fused-ring (bicyclic) bond motifs is 2. The maximum Gasteiger partial charge on any atom is 0.290 e. The van der Waals surface area contributed by atoms with Gasteiger partial charge in [-0.15, -0.1) is 11.3 Å². The number of aryl methyl sites for hydroxylation is 1. The first-order chi connectivity index (χ1) is 14.1. The minimum Gasteiger partial charge on any atom is -0.483 e. The number of carbonyl (C=O) groups excluding carboxylic acids is 1. The fourth-order valence-corrected chi connectivity index (χ4v) is 4.61. The number of thiophene rings is 1. The van der Waals surface area contributed by atoms with Crippen LogP contribution in [0.25, 0.3) is 10.1 Å². The molecule has 0 saturated heterocycles. The van der Waals surface area contributed by atoms with Crippen molar-refractivity contribution in [3.8, 4) is 0 Å². The molecule has 9 heteroatoms. The molecule has 0 fully saturated rings. The predicted molar refractivity (Wildman–Crippen MR) is 109 cm³/mol. The molecule has 1 aromatic carbocycles. The summed E-state index contributed by atoms with van der Waals surface area (Å²) in [5.41, 5.74) is 3.86. The predicted octanol–water partition coefficient (Wildman–Crippen LogP) is 2.85. The van der Waals surface area contributed by atoms with Crippen LogP contribution >= 0.6 is 11.3 Å². The van der Waals surface area contributed by atoms with Gasteiger partial charge in [-0.2, -0.15) is 5.10 Å². The molecule has 0 saturated carbocycles. The number of amides is 1. The van der Waals surface area contributed by atoms with Gasteiger partial charge in [0.25, 0.3) is 12.4 Å². The van der Waals surface area contributed by atoms with Crippen molar-refractivity contribution in [3.05, 3.63) is 70.9 Å². The molecule has 1 amide bonds. The van der Waals surface area contributed by atoms with Crippen LogP contribution in [0, 0.1) is 0 Å². The SMILES string of the molecule is Cn1cc(C2CN(C(=O)c3csc4ccccc34)Cc3[nH]cnc32)cn1.O=CO. The first kappa shape index (κ1) is 18.9. The third-order valence-electron chi connectivity index (χ3n) is 4.96. The second-order valence-corrected chi connectivity index (χ2v) is 7.61. The molecule has 0 radical (unpaired) electrons. The minimum atomic E-state index is -0.250. The molecular formula is C20H19N5O3S. The Morgan fingerprint density at radius 2 is 2.17 bits per heavy atom. The summed E-state index contributed by atoms with van der Waals surface area (Å²) in [4.78, 5) is 31.2. The molecule has 4 heterocycles. The molecule has 1 aliphatic heterocycles. The number of hydrogen-bond donors (Lipinski definition) is 2. The topological polar surface area (TPSA) is 104 Å². The van der Waals surface area contributed by atoms with Crippen LogP contribution in [0.5, 0.6) is 0 Å². The number of imidazole rings is 1. The van der Waals surface area contributed by atoms with E-state index in [0.717, 1.165) is 32.6 Å². The van der Waals surface area contributed by atoms with Gasteiger partial charge in [-0.1, -0.05) is 18.2 Å². The lowest BCUT2D eigenvalue weighted by molar-refractivity contribution is -0.122. The van der Waals surface area contributed by atoms with Gasteiger partial charge in [0, 0.05) is 46.7 Å². The highest BCUT2D eigenvalue weighted by atomic mass is 32.1. The van der Waals surface area contributed by atoms with Gasteiger partial charge in [0.2, 0.25) is 0 Å². The Bertz CT molecular complexity index is 1160. The molecule has 8 nitrogen and oxygen atoms in total. The van der Waals surface area contributed by atoms with E-state index in [0.29, 0.717) is 13.1 Å². The average Bonchev–Trinajstić information content (AvgIpc) is 3.46. The van der Waals surface area contributed by atoms with E-state index in [2.05, 4.69) is 21.1 Å². The number of aromatic amines is 1. The lowest BCUT2D eigenvalue weighted by Crippen LogP contribution is -2.38. The zero-order valence-electron chi connectivity index (χ0n) is 15.6. The van der Waals surface area contributed by atoms with E-state index >= 15 is 0 Å². The summed E-state index contributed by atoms with van der Waals surface area (Å²) in [5, 5.41) is 14.2. The Balaban J connectivity index is 0.000000645. The van der Waals surface area contributed by atoms with Crippen LogP contribution in [0.4, 0.5) is 0 Å². The Morgan fingerprint density at radius 1 is 1.38 bits per heavy atom. The maximum absolute atomic E-state index is 13.3. The molecule has 2 N–H and O–H groups in total. The smallest absolute Gasteiger partial charge is 0.290 e. The van der Waals surface area contributed by atoms with Gasteiger partial charge < -0.3 is 15.0 Å². The van der Waals surface area contributed by atoms with Gasteiger partial charge >= 0.3 is 0 Å². The monoisotopic (exact) mass is 409 g/mol. The van der Waals surface area contributed by atoms with E-state index < -0.39 is 0 Å². The van der Waals surface area contributed by atoms with Crippen molar-refractivity contribution in [1.29, 1.82) is 0 Å². The molecule has 4 aromatic rings. The van der Waals surface area contributed by atoms with Gasteiger partial charge in [-0.3, -0.25) is 14.3 Å². The number of hydrogen-bond acceptors (Lipinski definition) is 5. The van der Waals surface area contributed by atoms with E-state index in [-0.39, 0.29) is 18.3 Å². The number of aromatic nitrogens is 4. The number of nitrogens with zero attached hydrogens (tertiary/aromatic N) is 4. The normalized spacial score (nSPS) is 15.5. The van der Waals surface area contributed by atoms with Crippen molar-refractivity contribution >= 4 is 33.8 Å². The van der Waals surface area contributed by atoms with E-state index in [1.165, 1.54) is 0 Å². The number of H-pyrrole nitrogens is 1. The van der Waals surface area contributed by atoms with Gasteiger partial charge in [-0.25, -0.2) is 4.98 Å². The molecule has 0 bridgehead atoms. The van der Waals surface area contributed by atoms with E-state index in [1.807, 2.05) is 47.9 Å². The van der Waals surface area contributed by atoms with E-state index in [4.69, 9.17) is 9.90 Å². The fourth-order valence-electron chi connectivity index (χ4n) is 3.67. The van der Waals surface area contributed by atoms with Crippen LogP contribution in [0.15, 0.2) is 48.4 Å². The third-order valence-corrected chi connectivity index (χ3v) is 5.92. The number of carbonyl (C=O) groups is 2. The highest BCUT2D eigenvalue weighted by Gasteiger charge is 2.33. The Morgan fingerprint density at radius 3 is 2.93 bits per heavy atom. The van der Waals surface area contributed by atoms with Gasteiger partial charge in [0.1, 0.15) is 0 Å². The molecule has 0 spiro atoms. The second-order valence-electron chi connectivity index (χ2n) is 6.70. The van der Waals surface area contributed by atoms with E-state index in [9.17, 15) is 4.79 Å². The van der Waals surface area contributed by atoms with Crippen LogP contribution in [0.1, 0.15) is 33.2 Å². The molecule has 29 heavy (non-hydrogen) atoms. The van der Waals surface area contributed by atoms with Crippen molar-refractivity contribution in [2.24, 2.45) is 7.05 Å². The summed E-state index contributed by atoms with van der Waals surface area (Å²) in [6.07, 6.45) is 5.57. The van der Waals surface area contributed by atoms with Crippen molar-refractivity contribution in [3.63, 3.8) is 0 Å². The van der Waals surface area contributed by atoms with Crippen LogP contribution in [-0.2, 0) is 18.4 Å². The first-order valence-electron chi connectivity index (χ1n) is 8.96. The van der Waals surface area contributed by atoms with Crippen molar-refractivity contribution in [2.45, 2.75) is 12.5 Å². The minimum absolute atomic E-state index is 0.0348. The molecule has 3 aromatic heterocycles. The Hall–Kier alpha value is -3.46. The number of rotatable bonds is 2. The standard InChI is InChI=1S/C19H17N5OS.CH2O2/c1-23-7-12(6-22-23)14-8-24(9-16-18(14)21-11-20-16)19(25)15-10-26-17-5-3-2-4-13(15)17;2-1-3/h2-7,10-11,14H,8-9H2,1H3,(H,20,21);1H,(H,2,3). The molecule has 1 unspecified atom stereocenters. The summed E-state index contributed by atoms with van der Waals surface area (Å²) in [6, 6.07) is 8.05. The third kappa shape index (κ3) is 3.52. The molecule has 148 valence electrons. The fraction of sp³-hybridized carbons (Fsp3) is 0.200. The maximum atomic E-state index is 13.3. The quantitative estimate of drug-likeness (QED) is 0.496. The zero-order chi connectivity index (χ0) is 20.4. The summed E-state index contributed by atoms with van der Waals surface area (Å²) in [6.45, 7) is 0.904. The molecule has 1 atom stereocenters. The average molecular weight is 409 g/mol. The van der Waals surface area contributed by atoms with Crippen molar-refractivity contribution in [1.82, 2.24) is 24.6 Å². The second kappa shape index (κ2) is 7.88. The lowest BCUT2D eigenvalue weighted by atomic mass is 9.92. The largest absolute Gasteiger partial charge is 0.483 e. The van der Waals surface area contributed by atoms with Crippen LogP contribution in [0.2, 0.25) is 0 Å². The van der Waals surface area contributed by atoms with Crippen LogP contribution in [-0.4, -0.2) is 48.7 Å². The lowest BCUT2D eigenvalue weighted by Gasteiger charge is -2.31.